The second kappa shape index (κ2) is 6.36. The fraction of sp³-hybridized carbons (Fsp3) is 0.250. The number of para-hydroxylation sites is 1. The van der Waals surface area contributed by atoms with E-state index in [1.807, 2.05) is 12.1 Å². The van der Waals surface area contributed by atoms with Crippen LogP contribution in [-0.4, -0.2) is 32.5 Å². The first kappa shape index (κ1) is 14.3. The summed E-state index contributed by atoms with van der Waals surface area (Å²) in [4.78, 5) is 9.98. The number of halogens is 1. The van der Waals surface area contributed by atoms with Crippen LogP contribution in [0, 0.1) is 10.1 Å². The molecule has 0 aliphatic carbocycles. The Labute approximate surface area is 119 Å². The highest BCUT2D eigenvalue weighted by atomic mass is 35.5. The Kier molecular flexibility index (Phi) is 4.54. The molecule has 1 aromatic heterocycles. The van der Waals surface area contributed by atoms with E-state index in [9.17, 15) is 15.2 Å². The van der Waals surface area contributed by atoms with Gasteiger partial charge < -0.3 is 10.4 Å². The first-order chi connectivity index (χ1) is 9.56. The van der Waals surface area contributed by atoms with Crippen LogP contribution in [0.25, 0.3) is 0 Å². The molecule has 7 nitrogen and oxygen atoms in total. The van der Waals surface area contributed by atoms with Crippen LogP contribution in [0.4, 0.5) is 11.4 Å². The van der Waals surface area contributed by atoms with Crippen molar-refractivity contribution in [3.05, 3.63) is 51.8 Å². The molecule has 2 aromatic rings. The van der Waals surface area contributed by atoms with Gasteiger partial charge in [0, 0.05) is 6.54 Å². The number of nitrogens with one attached hydrogen (secondary N) is 1. The summed E-state index contributed by atoms with van der Waals surface area (Å²) < 4.78 is 1.33. The quantitative estimate of drug-likeness (QED) is 0.627. The van der Waals surface area contributed by atoms with Crippen LogP contribution < -0.4 is 5.32 Å². The summed E-state index contributed by atoms with van der Waals surface area (Å²) in [6, 6.07) is 7.19. The van der Waals surface area contributed by atoms with Crippen LogP contribution in [0.2, 0.25) is 5.02 Å². The second-order valence-electron chi connectivity index (χ2n) is 4.19. The van der Waals surface area contributed by atoms with Crippen LogP contribution in [0.3, 0.4) is 0 Å². The Hall–Kier alpha value is -2.12. The fourth-order valence-corrected chi connectivity index (χ4v) is 1.86. The van der Waals surface area contributed by atoms with E-state index < -0.39 is 11.0 Å². The van der Waals surface area contributed by atoms with Gasteiger partial charge in [0.2, 0.25) is 0 Å². The van der Waals surface area contributed by atoms with E-state index in [-0.39, 0.29) is 18.8 Å². The summed E-state index contributed by atoms with van der Waals surface area (Å²) in [5, 5.41) is 27.8. The van der Waals surface area contributed by atoms with Gasteiger partial charge >= 0.3 is 5.69 Å². The number of nitrogens with zero attached hydrogens (tertiary/aromatic N) is 3. The zero-order valence-corrected chi connectivity index (χ0v) is 11.2. The molecule has 1 unspecified atom stereocenters. The molecule has 0 radical (unpaired) electrons. The number of nitro groups is 1. The average Bonchev–Trinajstić information content (AvgIpc) is 2.86. The van der Waals surface area contributed by atoms with Crippen molar-refractivity contribution >= 4 is 23.0 Å². The number of rotatable bonds is 6. The molecule has 0 saturated heterocycles. The fourth-order valence-electron chi connectivity index (χ4n) is 1.66. The van der Waals surface area contributed by atoms with Crippen LogP contribution >= 0.6 is 11.6 Å². The van der Waals surface area contributed by atoms with E-state index in [1.54, 1.807) is 12.1 Å². The van der Waals surface area contributed by atoms with Crippen LogP contribution in [0.1, 0.15) is 0 Å². The van der Waals surface area contributed by atoms with Crippen LogP contribution in [-0.2, 0) is 6.54 Å². The largest absolute Gasteiger partial charge is 0.389 e. The average molecular weight is 297 g/mol. The lowest BCUT2D eigenvalue weighted by Crippen LogP contribution is -2.25. The molecule has 20 heavy (non-hydrogen) atoms. The number of hydrogen-bond donors (Lipinski definition) is 2. The molecule has 0 aliphatic heterocycles. The SMILES string of the molecule is O=[N+]([O-])c1cnn(CC(O)CNc2ccccc2Cl)c1. The van der Waals surface area contributed by atoms with Gasteiger partial charge in [-0.25, -0.2) is 0 Å². The number of anilines is 1. The maximum absolute atomic E-state index is 10.5. The Morgan fingerprint density at radius 2 is 2.25 bits per heavy atom. The number of hydrogen-bond acceptors (Lipinski definition) is 5. The first-order valence-corrected chi connectivity index (χ1v) is 6.27. The highest BCUT2D eigenvalue weighted by Gasteiger charge is 2.12. The first-order valence-electron chi connectivity index (χ1n) is 5.89. The monoisotopic (exact) mass is 296 g/mol. The van der Waals surface area contributed by atoms with Gasteiger partial charge in [-0.05, 0) is 12.1 Å². The van der Waals surface area contributed by atoms with E-state index in [2.05, 4.69) is 10.4 Å². The van der Waals surface area contributed by atoms with E-state index in [0.29, 0.717) is 5.02 Å². The topological polar surface area (TPSA) is 93.2 Å². The number of aromatic nitrogens is 2. The number of aliphatic hydroxyl groups is 1. The van der Waals surface area contributed by atoms with E-state index in [1.165, 1.54) is 10.9 Å². The summed E-state index contributed by atoms with van der Waals surface area (Å²) in [5.41, 5.74) is 0.621. The molecule has 0 fully saturated rings. The Balaban J connectivity index is 1.87. The lowest BCUT2D eigenvalue weighted by molar-refractivity contribution is -0.385. The molecule has 1 aromatic carbocycles. The molecule has 1 atom stereocenters. The van der Waals surface area contributed by atoms with Gasteiger partial charge in [-0.15, -0.1) is 0 Å². The van der Waals surface area contributed by atoms with Gasteiger partial charge in [0.05, 0.1) is 28.3 Å². The normalized spacial score (nSPS) is 12.1. The minimum atomic E-state index is -0.745. The highest BCUT2D eigenvalue weighted by molar-refractivity contribution is 6.33. The number of aliphatic hydroxyl groups excluding tert-OH is 1. The summed E-state index contributed by atoms with van der Waals surface area (Å²) in [6.45, 7) is 0.419. The molecular weight excluding hydrogens is 284 g/mol. The minimum Gasteiger partial charge on any atom is -0.389 e. The van der Waals surface area contributed by atoms with Crippen molar-refractivity contribution in [3.8, 4) is 0 Å². The predicted molar refractivity (Wildman–Crippen MR) is 74.8 cm³/mol. The van der Waals surface area contributed by atoms with Gasteiger partial charge in [0.25, 0.3) is 0 Å². The zero-order valence-electron chi connectivity index (χ0n) is 10.4. The zero-order chi connectivity index (χ0) is 14.5. The molecule has 8 heteroatoms. The molecule has 1 heterocycles. The van der Waals surface area contributed by atoms with E-state index in [4.69, 9.17) is 11.6 Å². The van der Waals surface area contributed by atoms with Crippen LogP contribution in [0.5, 0.6) is 0 Å². The van der Waals surface area contributed by atoms with Gasteiger partial charge in [-0.2, -0.15) is 5.10 Å². The Morgan fingerprint density at radius 3 is 2.90 bits per heavy atom. The maximum Gasteiger partial charge on any atom is 0.306 e. The third kappa shape index (κ3) is 3.69. The molecule has 2 rings (SSSR count). The molecule has 0 aliphatic rings. The predicted octanol–water partition coefficient (Wildman–Crippen LogP) is 1.92. The third-order valence-electron chi connectivity index (χ3n) is 2.63. The van der Waals surface area contributed by atoms with Crippen molar-refractivity contribution in [1.82, 2.24) is 9.78 Å². The van der Waals surface area contributed by atoms with Crippen molar-refractivity contribution < 1.29 is 10.0 Å². The van der Waals surface area contributed by atoms with Crippen molar-refractivity contribution in [2.75, 3.05) is 11.9 Å². The van der Waals surface area contributed by atoms with Gasteiger partial charge in [-0.1, -0.05) is 23.7 Å². The lowest BCUT2D eigenvalue weighted by Gasteiger charge is -2.13. The van der Waals surface area contributed by atoms with Crippen molar-refractivity contribution in [2.24, 2.45) is 0 Å². The van der Waals surface area contributed by atoms with Crippen molar-refractivity contribution in [1.29, 1.82) is 0 Å². The molecular formula is C12H13ClN4O3. The van der Waals surface area contributed by atoms with E-state index in [0.717, 1.165) is 11.9 Å². The smallest absolute Gasteiger partial charge is 0.306 e. The lowest BCUT2D eigenvalue weighted by atomic mass is 10.3. The summed E-state index contributed by atoms with van der Waals surface area (Å²) in [7, 11) is 0. The Morgan fingerprint density at radius 1 is 1.50 bits per heavy atom. The van der Waals surface area contributed by atoms with Gasteiger partial charge in [0.1, 0.15) is 12.4 Å². The molecule has 0 amide bonds. The van der Waals surface area contributed by atoms with Crippen molar-refractivity contribution in [2.45, 2.75) is 12.6 Å². The molecule has 2 N–H and O–H groups in total. The third-order valence-corrected chi connectivity index (χ3v) is 2.96. The Bertz CT molecular complexity index is 602. The molecule has 0 spiro atoms. The molecule has 0 saturated carbocycles. The highest BCUT2D eigenvalue weighted by Crippen LogP contribution is 2.20. The van der Waals surface area contributed by atoms with Gasteiger partial charge in [-0.3, -0.25) is 14.8 Å². The van der Waals surface area contributed by atoms with E-state index >= 15 is 0 Å². The standard InChI is InChI=1S/C12H13ClN4O3/c13-11-3-1-2-4-12(11)14-6-10(18)8-16-7-9(5-15-16)17(19)20/h1-5,7,10,14,18H,6,8H2. The second-order valence-corrected chi connectivity index (χ2v) is 4.60. The minimum absolute atomic E-state index is 0.101. The van der Waals surface area contributed by atoms with Gasteiger partial charge in [0.15, 0.2) is 0 Å². The summed E-state index contributed by atoms with van der Waals surface area (Å²) in [6.07, 6.45) is 1.68. The summed E-state index contributed by atoms with van der Waals surface area (Å²) >= 11 is 5.97. The maximum atomic E-state index is 10.5. The molecule has 0 bridgehead atoms. The summed E-state index contributed by atoms with van der Waals surface area (Å²) in [5.74, 6) is 0. The van der Waals surface area contributed by atoms with Crippen LogP contribution in [0.15, 0.2) is 36.7 Å². The van der Waals surface area contributed by atoms with Crippen molar-refractivity contribution in [3.63, 3.8) is 0 Å². The molecule has 106 valence electrons. The number of benzene rings is 1.